The predicted octanol–water partition coefficient (Wildman–Crippen LogP) is 3.49. The van der Waals surface area contributed by atoms with E-state index >= 15 is 0 Å². The van der Waals surface area contributed by atoms with Gasteiger partial charge in [-0.25, -0.2) is 0 Å². The van der Waals surface area contributed by atoms with Gasteiger partial charge in [0.1, 0.15) is 0 Å². The molecule has 0 aliphatic rings. The second kappa shape index (κ2) is 3.26. The number of benzene rings is 1. The highest BCUT2D eigenvalue weighted by atomic mass is 14.7. The number of para-hydroxylation sites is 1. The van der Waals surface area contributed by atoms with Crippen molar-refractivity contribution >= 4 is 17.0 Å². The Kier molecular flexibility index (Phi) is 2.08. The summed E-state index contributed by atoms with van der Waals surface area (Å²) in [6, 6.07) is 8.33. The summed E-state index contributed by atoms with van der Waals surface area (Å²) in [5, 5.41) is 1.19. The van der Waals surface area contributed by atoms with Crippen molar-refractivity contribution < 1.29 is 0 Å². The van der Waals surface area contributed by atoms with Gasteiger partial charge in [-0.3, -0.25) is 4.98 Å². The lowest BCUT2D eigenvalue weighted by atomic mass is 10.1. The number of rotatable bonds is 1. The van der Waals surface area contributed by atoms with E-state index in [1.807, 2.05) is 25.1 Å². The first-order valence-corrected chi connectivity index (χ1v) is 4.72. The Morgan fingerprint density at radius 2 is 2.07 bits per heavy atom. The molecule has 0 saturated heterocycles. The largest absolute Gasteiger partial charge is 0.252 e. The molecule has 0 radical (unpaired) electrons. The third-order valence-corrected chi connectivity index (χ3v) is 2.54. The van der Waals surface area contributed by atoms with Gasteiger partial charge in [0.25, 0.3) is 0 Å². The lowest BCUT2D eigenvalue weighted by molar-refractivity contribution is 1.19. The summed E-state index contributed by atoms with van der Waals surface area (Å²) in [7, 11) is 0. The van der Waals surface area contributed by atoms with E-state index in [4.69, 9.17) is 0 Å². The Hall–Kier alpha value is -1.63. The normalized spacial score (nSPS) is 10.4. The molecule has 0 spiro atoms. The maximum Gasteiger partial charge on any atom is 0.0777 e. The van der Waals surface area contributed by atoms with Crippen LogP contribution >= 0.6 is 0 Å². The molecule has 14 heavy (non-hydrogen) atoms. The Morgan fingerprint density at radius 3 is 2.79 bits per heavy atom. The zero-order valence-corrected chi connectivity index (χ0v) is 8.54. The smallest absolute Gasteiger partial charge is 0.0777 e. The second-order valence-corrected chi connectivity index (χ2v) is 3.51. The summed E-state index contributed by atoms with van der Waals surface area (Å²) in [5.74, 6) is 0. The fraction of sp³-hybridized carbons (Fsp3) is 0.154. The van der Waals surface area contributed by atoms with Gasteiger partial charge in [-0.2, -0.15) is 0 Å². The van der Waals surface area contributed by atoms with Gasteiger partial charge in [0, 0.05) is 16.6 Å². The molecule has 2 rings (SSSR count). The fourth-order valence-electron chi connectivity index (χ4n) is 1.58. The SMILES string of the molecule is C=Cc1cccc2cc(C)c(C)nc12. The van der Waals surface area contributed by atoms with Crippen molar-refractivity contribution in [2.24, 2.45) is 0 Å². The number of pyridine rings is 1. The third kappa shape index (κ3) is 1.31. The van der Waals surface area contributed by atoms with Crippen molar-refractivity contribution in [2.75, 3.05) is 0 Å². The van der Waals surface area contributed by atoms with Crippen molar-refractivity contribution in [3.05, 3.63) is 47.7 Å². The third-order valence-electron chi connectivity index (χ3n) is 2.54. The molecule has 2 aromatic rings. The number of aryl methyl sites for hydroxylation is 2. The zero-order chi connectivity index (χ0) is 10.1. The van der Waals surface area contributed by atoms with E-state index < -0.39 is 0 Å². The molecule has 0 bridgehead atoms. The van der Waals surface area contributed by atoms with Gasteiger partial charge >= 0.3 is 0 Å². The van der Waals surface area contributed by atoms with Gasteiger partial charge in [-0.05, 0) is 25.5 Å². The van der Waals surface area contributed by atoms with Crippen molar-refractivity contribution in [3.8, 4) is 0 Å². The van der Waals surface area contributed by atoms with Crippen LogP contribution in [-0.2, 0) is 0 Å². The summed E-state index contributed by atoms with van der Waals surface area (Å²) >= 11 is 0. The minimum Gasteiger partial charge on any atom is -0.252 e. The topological polar surface area (TPSA) is 12.9 Å². The predicted molar refractivity (Wildman–Crippen MR) is 61.3 cm³/mol. The second-order valence-electron chi connectivity index (χ2n) is 3.51. The quantitative estimate of drug-likeness (QED) is 0.659. The number of hydrogen-bond acceptors (Lipinski definition) is 1. The number of nitrogens with zero attached hydrogens (tertiary/aromatic N) is 1. The summed E-state index contributed by atoms with van der Waals surface area (Å²) in [6.45, 7) is 7.92. The van der Waals surface area contributed by atoms with E-state index in [9.17, 15) is 0 Å². The van der Waals surface area contributed by atoms with Crippen molar-refractivity contribution in [1.29, 1.82) is 0 Å². The molecule has 0 N–H and O–H groups in total. The molecule has 1 nitrogen and oxygen atoms in total. The van der Waals surface area contributed by atoms with E-state index in [0.717, 1.165) is 16.8 Å². The van der Waals surface area contributed by atoms with Crippen LogP contribution in [-0.4, -0.2) is 4.98 Å². The van der Waals surface area contributed by atoms with Gasteiger partial charge in [-0.15, -0.1) is 0 Å². The average Bonchev–Trinajstić information content (AvgIpc) is 2.19. The minimum atomic E-state index is 1.05. The summed E-state index contributed by atoms with van der Waals surface area (Å²) in [5.41, 5.74) is 4.47. The highest BCUT2D eigenvalue weighted by molar-refractivity contribution is 5.87. The molecule has 1 aromatic carbocycles. The van der Waals surface area contributed by atoms with Crippen LogP contribution in [0.4, 0.5) is 0 Å². The minimum absolute atomic E-state index is 1.05. The number of fused-ring (bicyclic) bond motifs is 1. The van der Waals surface area contributed by atoms with Crippen LogP contribution in [0.15, 0.2) is 30.8 Å². The van der Waals surface area contributed by atoms with Crippen LogP contribution in [0.3, 0.4) is 0 Å². The Balaban J connectivity index is 2.88. The molecule has 0 aliphatic carbocycles. The molecule has 0 unspecified atom stereocenters. The summed E-state index contributed by atoms with van der Waals surface area (Å²) in [6.07, 6.45) is 1.85. The monoisotopic (exact) mass is 183 g/mol. The molecule has 0 atom stereocenters. The van der Waals surface area contributed by atoms with E-state index in [2.05, 4.69) is 30.6 Å². The standard InChI is InChI=1S/C13H13N/c1-4-11-6-5-7-12-8-9(2)10(3)14-13(11)12/h4-8H,1H2,2-3H3. The molecule has 0 fully saturated rings. The zero-order valence-electron chi connectivity index (χ0n) is 8.54. The van der Waals surface area contributed by atoms with Crippen LogP contribution in [0, 0.1) is 13.8 Å². The first-order valence-electron chi connectivity index (χ1n) is 4.72. The lowest BCUT2D eigenvalue weighted by Crippen LogP contribution is -1.90. The molecular weight excluding hydrogens is 170 g/mol. The van der Waals surface area contributed by atoms with Gasteiger partial charge in [-0.1, -0.05) is 30.9 Å². The molecule has 70 valence electrons. The molecule has 1 heterocycles. The lowest BCUT2D eigenvalue weighted by Gasteiger charge is -2.05. The molecular formula is C13H13N. The van der Waals surface area contributed by atoms with Crippen molar-refractivity contribution in [2.45, 2.75) is 13.8 Å². The van der Waals surface area contributed by atoms with Crippen LogP contribution < -0.4 is 0 Å². The maximum absolute atomic E-state index is 4.57. The Bertz CT molecular complexity index is 498. The van der Waals surface area contributed by atoms with Crippen molar-refractivity contribution in [3.63, 3.8) is 0 Å². The molecule has 0 amide bonds. The first kappa shape index (κ1) is 8.95. The van der Waals surface area contributed by atoms with Crippen molar-refractivity contribution in [1.82, 2.24) is 4.98 Å². The highest BCUT2D eigenvalue weighted by Gasteiger charge is 2.01. The Morgan fingerprint density at radius 1 is 1.29 bits per heavy atom. The van der Waals surface area contributed by atoms with Gasteiger partial charge < -0.3 is 0 Å². The summed E-state index contributed by atoms with van der Waals surface area (Å²) < 4.78 is 0. The van der Waals surface area contributed by atoms with Crippen LogP contribution in [0.2, 0.25) is 0 Å². The van der Waals surface area contributed by atoms with E-state index in [1.165, 1.54) is 10.9 Å². The van der Waals surface area contributed by atoms with Gasteiger partial charge in [0.15, 0.2) is 0 Å². The summed E-state index contributed by atoms with van der Waals surface area (Å²) in [4.78, 5) is 4.57. The van der Waals surface area contributed by atoms with Crippen LogP contribution in [0.1, 0.15) is 16.8 Å². The van der Waals surface area contributed by atoms with Gasteiger partial charge in [0.05, 0.1) is 5.52 Å². The van der Waals surface area contributed by atoms with E-state index in [1.54, 1.807) is 0 Å². The van der Waals surface area contributed by atoms with Crippen LogP contribution in [0.5, 0.6) is 0 Å². The molecule has 1 heteroatoms. The Labute approximate surface area is 84.1 Å². The first-order chi connectivity index (χ1) is 6.72. The number of aromatic nitrogens is 1. The molecule has 0 aliphatic heterocycles. The van der Waals surface area contributed by atoms with Crippen LogP contribution in [0.25, 0.3) is 17.0 Å². The number of hydrogen-bond donors (Lipinski definition) is 0. The maximum atomic E-state index is 4.57. The molecule has 0 saturated carbocycles. The van der Waals surface area contributed by atoms with Gasteiger partial charge in [0.2, 0.25) is 0 Å². The fourth-order valence-corrected chi connectivity index (χ4v) is 1.58. The molecule has 1 aromatic heterocycles. The van der Waals surface area contributed by atoms with E-state index in [-0.39, 0.29) is 0 Å². The van der Waals surface area contributed by atoms with E-state index in [0.29, 0.717) is 0 Å². The highest BCUT2D eigenvalue weighted by Crippen LogP contribution is 2.20. The average molecular weight is 183 g/mol.